The van der Waals surface area contributed by atoms with Gasteiger partial charge in [-0.1, -0.05) is 6.07 Å². The molecule has 0 aliphatic rings. The zero-order valence-electron chi connectivity index (χ0n) is 10.3. The van der Waals surface area contributed by atoms with Gasteiger partial charge in [-0.15, -0.1) is 11.6 Å². The smallest absolute Gasteiger partial charge is 0.239 e. The number of alkyl halides is 1. The van der Waals surface area contributed by atoms with Crippen LogP contribution >= 0.6 is 11.6 Å². The number of benzene rings is 1. The number of ether oxygens (including phenoxy) is 1. The molecule has 1 amide bonds. The number of hydrogen-bond donors (Lipinski definition) is 1. The van der Waals surface area contributed by atoms with Crippen LogP contribution < -0.4 is 10.1 Å². The average molecular weight is 257 g/mol. The van der Waals surface area contributed by atoms with Crippen LogP contribution in [0.3, 0.4) is 0 Å². The summed E-state index contributed by atoms with van der Waals surface area (Å²) in [7, 11) is 5.54. The van der Waals surface area contributed by atoms with E-state index < -0.39 is 0 Å². The van der Waals surface area contributed by atoms with Crippen molar-refractivity contribution >= 4 is 23.2 Å². The molecule has 17 heavy (non-hydrogen) atoms. The van der Waals surface area contributed by atoms with Gasteiger partial charge in [0.15, 0.2) is 0 Å². The molecule has 1 aromatic carbocycles. The van der Waals surface area contributed by atoms with Gasteiger partial charge in [0, 0.05) is 6.54 Å². The largest absolute Gasteiger partial charge is 0.495 e. The molecule has 94 valence electrons. The third-order valence-electron chi connectivity index (χ3n) is 2.16. The van der Waals surface area contributed by atoms with Crippen molar-refractivity contribution in [1.82, 2.24) is 4.90 Å². The fraction of sp³-hybridized carbons (Fsp3) is 0.417. The first-order chi connectivity index (χ1) is 8.06. The first kappa shape index (κ1) is 13.8. The van der Waals surface area contributed by atoms with Crippen molar-refractivity contribution in [3.8, 4) is 5.75 Å². The van der Waals surface area contributed by atoms with Gasteiger partial charge < -0.3 is 15.0 Å². The monoisotopic (exact) mass is 256 g/mol. The van der Waals surface area contributed by atoms with E-state index in [-0.39, 0.29) is 11.8 Å². The van der Waals surface area contributed by atoms with Crippen LogP contribution in [0, 0.1) is 0 Å². The molecule has 0 saturated carbocycles. The van der Waals surface area contributed by atoms with E-state index in [1.165, 1.54) is 0 Å². The highest BCUT2D eigenvalue weighted by Gasteiger charge is 2.08. The van der Waals surface area contributed by atoms with Gasteiger partial charge in [-0.05, 0) is 31.8 Å². The molecule has 0 aliphatic carbocycles. The topological polar surface area (TPSA) is 41.6 Å². The van der Waals surface area contributed by atoms with E-state index in [0.717, 1.165) is 12.1 Å². The Morgan fingerprint density at radius 1 is 1.47 bits per heavy atom. The van der Waals surface area contributed by atoms with E-state index in [4.69, 9.17) is 16.3 Å². The summed E-state index contributed by atoms with van der Waals surface area (Å²) in [5.74, 6) is 0.319. The maximum absolute atomic E-state index is 11.3. The Kier molecular flexibility index (Phi) is 5.25. The molecule has 5 heteroatoms. The highest BCUT2D eigenvalue weighted by molar-refractivity contribution is 6.29. The fourth-order valence-corrected chi connectivity index (χ4v) is 1.57. The number of amides is 1. The lowest BCUT2D eigenvalue weighted by molar-refractivity contribution is -0.113. The Hall–Kier alpha value is -1.26. The molecule has 0 atom stereocenters. The van der Waals surface area contributed by atoms with Crippen LogP contribution in [0.5, 0.6) is 5.75 Å². The Morgan fingerprint density at radius 3 is 2.71 bits per heavy atom. The van der Waals surface area contributed by atoms with E-state index in [1.807, 2.05) is 32.3 Å². The molecule has 0 fully saturated rings. The van der Waals surface area contributed by atoms with Crippen molar-refractivity contribution in [1.29, 1.82) is 0 Å². The van der Waals surface area contributed by atoms with Crippen LogP contribution in [0.2, 0.25) is 0 Å². The highest BCUT2D eigenvalue weighted by Crippen LogP contribution is 2.25. The summed E-state index contributed by atoms with van der Waals surface area (Å²) in [5.41, 5.74) is 1.75. The number of halogens is 1. The summed E-state index contributed by atoms with van der Waals surface area (Å²) in [4.78, 5) is 13.3. The molecule has 4 nitrogen and oxygen atoms in total. The normalized spacial score (nSPS) is 10.4. The van der Waals surface area contributed by atoms with Crippen molar-refractivity contribution in [2.45, 2.75) is 6.54 Å². The van der Waals surface area contributed by atoms with Crippen molar-refractivity contribution in [3.05, 3.63) is 23.8 Å². The summed E-state index contributed by atoms with van der Waals surface area (Å²) in [6.07, 6.45) is 0. The molecule has 0 radical (unpaired) electrons. The number of nitrogens with zero attached hydrogens (tertiary/aromatic N) is 1. The van der Waals surface area contributed by atoms with Crippen LogP contribution in [-0.2, 0) is 11.3 Å². The molecule has 0 bridgehead atoms. The summed E-state index contributed by atoms with van der Waals surface area (Å²) in [5, 5.41) is 2.71. The molecule has 1 rings (SSSR count). The van der Waals surface area contributed by atoms with Crippen molar-refractivity contribution in [2.75, 3.05) is 32.4 Å². The Balaban J connectivity index is 2.93. The Labute approximate surface area is 107 Å². The predicted molar refractivity (Wildman–Crippen MR) is 69.7 cm³/mol. The van der Waals surface area contributed by atoms with Crippen LogP contribution in [-0.4, -0.2) is 37.9 Å². The molecular formula is C12H17ClN2O2. The van der Waals surface area contributed by atoms with Crippen molar-refractivity contribution in [3.63, 3.8) is 0 Å². The van der Waals surface area contributed by atoms with E-state index in [1.54, 1.807) is 7.11 Å². The fourth-order valence-electron chi connectivity index (χ4n) is 1.50. The number of anilines is 1. The van der Waals surface area contributed by atoms with Crippen molar-refractivity contribution in [2.24, 2.45) is 0 Å². The molecule has 0 unspecified atom stereocenters. The third kappa shape index (κ3) is 4.24. The van der Waals surface area contributed by atoms with Gasteiger partial charge >= 0.3 is 0 Å². The number of nitrogens with one attached hydrogen (secondary N) is 1. The first-order valence-electron chi connectivity index (χ1n) is 5.24. The number of methoxy groups -OCH3 is 1. The maximum Gasteiger partial charge on any atom is 0.239 e. The second kappa shape index (κ2) is 6.47. The van der Waals surface area contributed by atoms with E-state index >= 15 is 0 Å². The second-order valence-corrected chi connectivity index (χ2v) is 4.22. The first-order valence-corrected chi connectivity index (χ1v) is 5.77. The van der Waals surface area contributed by atoms with Gasteiger partial charge in [-0.2, -0.15) is 0 Å². The van der Waals surface area contributed by atoms with E-state index in [0.29, 0.717) is 11.4 Å². The van der Waals surface area contributed by atoms with Gasteiger partial charge in [0.05, 0.1) is 12.8 Å². The van der Waals surface area contributed by atoms with Gasteiger partial charge in [-0.25, -0.2) is 0 Å². The minimum Gasteiger partial charge on any atom is -0.495 e. The zero-order valence-corrected chi connectivity index (χ0v) is 11.0. The highest BCUT2D eigenvalue weighted by atomic mass is 35.5. The number of rotatable bonds is 5. The second-order valence-electron chi connectivity index (χ2n) is 3.95. The van der Waals surface area contributed by atoms with E-state index in [9.17, 15) is 4.79 Å². The summed E-state index contributed by atoms with van der Waals surface area (Å²) >= 11 is 5.46. The number of carbonyl (C=O) groups is 1. The third-order valence-corrected chi connectivity index (χ3v) is 2.40. The molecule has 1 N–H and O–H groups in total. The van der Waals surface area contributed by atoms with Gasteiger partial charge in [0.1, 0.15) is 11.6 Å². The lowest BCUT2D eigenvalue weighted by Gasteiger charge is -2.14. The Bertz CT molecular complexity index is 394. The standard InChI is InChI=1S/C12H17ClN2O2/c1-15(2)8-9-4-5-11(17-3)10(6-9)14-12(16)7-13/h4-6H,7-8H2,1-3H3,(H,14,16). The molecule has 0 saturated heterocycles. The Morgan fingerprint density at radius 2 is 2.18 bits per heavy atom. The van der Waals surface area contributed by atoms with E-state index in [2.05, 4.69) is 10.2 Å². The average Bonchev–Trinajstić information content (AvgIpc) is 2.28. The maximum atomic E-state index is 11.3. The SMILES string of the molecule is COc1ccc(CN(C)C)cc1NC(=O)CCl. The molecule has 0 spiro atoms. The quantitative estimate of drug-likeness (QED) is 0.819. The molecule has 0 aliphatic heterocycles. The molecular weight excluding hydrogens is 240 g/mol. The number of hydrogen-bond acceptors (Lipinski definition) is 3. The minimum atomic E-state index is -0.244. The van der Waals surface area contributed by atoms with Crippen LogP contribution in [0.4, 0.5) is 5.69 Å². The summed E-state index contributed by atoms with van der Waals surface area (Å²) in [6, 6.07) is 5.70. The lowest BCUT2D eigenvalue weighted by Crippen LogP contribution is -2.15. The van der Waals surface area contributed by atoms with Crippen LogP contribution in [0.1, 0.15) is 5.56 Å². The molecule has 0 heterocycles. The molecule has 1 aromatic rings. The number of carbonyl (C=O) groups excluding carboxylic acids is 1. The lowest BCUT2D eigenvalue weighted by atomic mass is 10.1. The summed E-state index contributed by atoms with van der Waals surface area (Å²) < 4.78 is 5.18. The van der Waals surface area contributed by atoms with Gasteiger partial charge in [-0.3, -0.25) is 4.79 Å². The predicted octanol–water partition coefficient (Wildman–Crippen LogP) is 1.93. The van der Waals surface area contributed by atoms with Gasteiger partial charge in [0.25, 0.3) is 0 Å². The summed E-state index contributed by atoms with van der Waals surface area (Å²) in [6.45, 7) is 0.799. The van der Waals surface area contributed by atoms with Crippen LogP contribution in [0.15, 0.2) is 18.2 Å². The zero-order chi connectivity index (χ0) is 12.8. The van der Waals surface area contributed by atoms with Crippen molar-refractivity contribution < 1.29 is 9.53 Å². The van der Waals surface area contributed by atoms with Crippen LogP contribution in [0.25, 0.3) is 0 Å². The molecule has 0 aromatic heterocycles. The minimum absolute atomic E-state index is 0.0684. The van der Waals surface area contributed by atoms with Gasteiger partial charge in [0.2, 0.25) is 5.91 Å².